The molecule has 0 saturated heterocycles. The number of aromatic nitrogens is 1. The monoisotopic (exact) mass is 668 g/mol. The number of nitrogens with zero attached hydrogens (tertiary/aromatic N) is 1. The van der Waals surface area contributed by atoms with Crippen LogP contribution in [0, 0.1) is 6.92 Å². The molecule has 0 spiro atoms. The van der Waals surface area contributed by atoms with Gasteiger partial charge in [0.1, 0.15) is 0 Å². The number of alkyl halides is 2. The zero-order chi connectivity index (χ0) is 33.5. The van der Waals surface area contributed by atoms with Crippen LogP contribution in [-0.2, 0) is 35.1 Å². The number of aliphatic imine (C=N–C) groups is 1. The Morgan fingerprint density at radius 1 is 0.783 bits per heavy atom. The van der Waals surface area contributed by atoms with E-state index in [4.69, 9.17) is 37.7 Å². The molecule has 4 heterocycles. The van der Waals surface area contributed by atoms with Crippen LogP contribution in [0.2, 0.25) is 0 Å². The minimum absolute atomic E-state index is 0.152. The molecular weight excluding hydrogens is 631 g/mol. The van der Waals surface area contributed by atoms with E-state index in [1.54, 1.807) is 13.0 Å². The Hall–Kier alpha value is -4.15. The predicted octanol–water partition coefficient (Wildman–Crippen LogP) is 5.48. The van der Waals surface area contributed by atoms with Crippen molar-refractivity contribution in [3.05, 3.63) is 79.6 Å². The summed E-state index contributed by atoms with van der Waals surface area (Å²) in [6.45, 7) is 5.59. The summed E-state index contributed by atoms with van der Waals surface area (Å²) in [5, 5.41) is 5.83. The van der Waals surface area contributed by atoms with Gasteiger partial charge < -0.3 is 25.1 Å². The van der Waals surface area contributed by atoms with Crippen molar-refractivity contribution in [1.82, 2.24) is 15.6 Å². The highest BCUT2D eigenvalue weighted by Crippen LogP contribution is 2.33. The minimum atomic E-state index is -0.349. The van der Waals surface area contributed by atoms with Gasteiger partial charge in [0.05, 0.1) is 25.6 Å². The summed E-state index contributed by atoms with van der Waals surface area (Å²) in [4.78, 5) is 57.5. The molecule has 3 aliphatic rings. The van der Waals surface area contributed by atoms with Crippen molar-refractivity contribution >= 4 is 64.8 Å². The molecule has 0 bridgehead atoms. The maximum absolute atomic E-state index is 12.5. The number of rotatable bonds is 13. The number of hydrogen-bond donors (Lipinski definition) is 3. The van der Waals surface area contributed by atoms with Gasteiger partial charge in [-0.15, -0.1) is 23.2 Å². The van der Waals surface area contributed by atoms with Gasteiger partial charge in [-0.05, 0) is 98.6 Å². The zero-order valence-corrected chi connectivity index (χ0v) is 28.1. The normalized spacial score (nSPS) is 19.0. The van der Waals surface area contributed by atoms with Gasteiger partial charge in [0.15, 0.2) is 0 Å². The summed E-state index contributed by atoms with van der Waals surface area (Å²) < 4.78 is 9.77. The van der Waals surface area contributed by atoms with E-state index in [1.165, 1.54) is 14.2 Å². The van der Waals surface area contributed by atoms with Crippen LogP contribution in [0.1, 0.15) is 68.5 Å². The van der Waals surface area contributed by atoms with E-state index >= 15 is 0 Å². The molecular formula is C34H38Cl2N4O6. The van der Waals surface area contributed by atoms with Crippen molar-refractivity contribution in [2.75, 3.05) is 26.0 Å². The van der Waals surface area contributed by atoms with Crippen molar-refractivity contribution in [2.45, 2.75) is 59.3 Å². The molecule has 0 saturated carbocycles. The molecule has 12 heteroatoms. The second-order valence-electron chi connectivity index (χ2n) is 11.1. The second-order valence-corrected chi connectivity index (χ2v) is 11.8. The van der Waals surface area contributed by atoms with Gasteiger partial charge in [-0.1, -0.05) is 0 Å². The molecule has 244 valence electrons. The van der Waals surface area contributed by atoms with Crippen molar-refractivity contribution < 1.29 is 28.7 Å². The molecule has 0 fully saturated rings. The average molecular weight is 670 g/mol. The topological polar surface area (TPSA) is 139 Å². The smallest absolute Gasteiger partial charge is 0.305 e. The molecule has 3 aliphatic heterocycles. The first-order valence-corrected chi connectivity index (χ1v) is 16.0. The van der Waals surface area contributed by atoms with E-state index < -0.39 is 0 Å². The van der Waals surface area contributed by atoms with Gasteiger partial charge in [0.2, 0.25) is 0 Å². The van der Waals surface area contributed by atoms with Gasteiger partial charge >= 0.3 is 11.9 Å². The van der Waals surface area contributed by atoms with Crippen molar-refractivity contribution in [2.24, 2.45) is 4.99 Å². The third-order valence-corrected chi connectivity index (χ3v) is 8.66. The molecule has 0 atom stereocenters. The number of aromatic amines is 1. The third-order valence-electron chi connectivity index (χ3n) is 8.28. The highest BCUT2D eigenvalue weighted by molar-refractivity contribution is 6.19. The Balaban J connectivity index is 1.79. The molecule has 3 N–H and O–H groups in total. The minimum Gasteiger partial charge on any atom is -0.469 e. The number of carbonyl (C=O) groups is 4. The SMILES string of the molecule is COC(=O)CCC1=CC(/C=C2\NC(=O)C(CCCl)=C2C)=NC/1=C\c1[nH]c(/C=C2\NC(=O)C(C)=C2CCCl)c(C)c1CCC(=O)OC. The summed E-state index contributed by atoms with van der Waals surface area (Å²) in [6, 6.07) is 0. The molecule has 0 unspecified atom stereocenters. The first-order chi connectivity index (χ1) is 22.0. The molecule has 0 radical (unpaired) electrons. The van der Waals surface area contributed by atoms with E-state index in [2.05, 4.69) is 15.6 Å². The summed E-state index contributed by atoms with van der Waals surface area (Å²) in [7, 11) is 2.70. The lowest BCUT2D eigenvalue weighted by atomic mass is 10.0. The Bertz CT molecular complexity index is 1690. The predicted molar refractivity (Wildman–Crippen MR) is 179 cm³/mol. The van der Waals surface area contributed by atoms with Gasteiger partial charge in [-0.3, -0.25) is 19.2 Å². The van der Waals surface area contributed by atoms with Crippen molar-refractivity contribution in [1.29, 1.82) is 0 Å². The number of halogens is 2. The number of amides is 2. The van der Waals surface area contributed by atoms with Gasteiger partial charge in [0, 0.05) is 58.5 Å². The quantitative estimate of drug-likeness (QED) is 0.188. The number of ether oxygens (including phenoxy) is 2. The molecule has 46 heavy (non-hydrogen) atoms. The fourth-order valence-electron chi connectivity index (χ4n) is 5.59. The second kappa shape index (κ2) is 15.4. The standard InChI is InChI=1S/C34H38Cl2N4O6/c1-18-23(7-9-32(42)46-5)29(38-27(18)16-30-24(10-12-35)20(3)33(43)40-30)17-28-21(6-8-31(41)45-4)14-22(37-28)15-26-19(2)25(11-13-36)34(44)39-26/h14-17,38H,6-13H2,1-5H3,(H,39,44)(H,40,43)/b26-15-,28-17-,30-16-. The fraction of sp³-hybridized carbons (Fsp3) is 0.382. The molecule has 0 aromatic carbocycles. The molecule has 4 rings (SSSR count). The lowest BCUT2D eigenvalue weighted by Crippen LogP contribution is -2.17. The number of methoxy groups -OCH3 is 2. The van der Waals surface area contributed by atoms with Crippen molar-refractivity contribution in [3.8, 4) is 0 Å². The lowest BCUT2D eigenvalue weighted by Gasteiger charge is -2.06. The van der Waals surface area contributed by atoms with Gasteiger partial charge in [-0.2, -0.15) is 0 Å². The van der Waals surface area contributed by atoms with E-state index in [-0.39, 0.29) is 36.6 Å². The van der Waals surface area contributed by atoms with Crippen LogP contribution in [-0.4, -0.2) is 60.4 Å². The number of esters is 2. The number of H-pyrrole nitrogens is 1. The Kier molecular flexibility index (Phi) is 11.6. The number of hydrogen-bond acceptors (Lipinski definition) is 7. The maximum Gasteiger partial charge on any atom is 0.305 e. The summed E-state index contributed by atoms with van der Waals surface area (Å²) in [6.07, 6.45) is 9.54. The van der Waals surface area contributed by atoms with E-state index in [1.807, 2.05) is 32.1 Å². The zero-order valence-electron chi connectivity index (χ0n) is 26.6. The number of allylic oxidation sites excluding steroid dienone is 5. The maximum atomic E-state index is 12.5. The van der Waals surface area contributed by atoms with E-state index in [0.717, 1.165) is 39.2 Å². The first kappa shape index (κ1) is 34.7. The molecule has 0 aliphatic carbocycles. The highest BCUT2D eigenvalue weighted by atomic mass is 35.5. The van der Waals surface area contributed by atoms with Crippen LogP contribution in [0.25, 0.3) is 12.2 Å². The van der Waals surface area contributed by atoms with Gasteiger partial charge in [0.25, 0.3) is 11.8 Å². The fourth-order valence-corrected chi connectivity index (χ4v) is 5.97. The molecule has 1 aromatic rings. The average Bonchev–Trinajstić information content (AvgIpc) is 3.71. The van der Waals surface area contributed by atoms with E-state index in [0.29, 0.717) is 71.4 Å². The summed E-state index contributed by atoms with van der Waals surface area (Å²) >= 11 is 11.9. The Morgan fingerprint density at radius 2 is 1.41 bits per heavy atom. The largest absolute Gasteiger partial charge is 0.469 e. The van der Waals surface area contributed by atoms with Crippen LogP contribution in [0.5, 0.6) is 0 Å². The Morgan fingerprint density at radius 3 is 2.07 bits per heavy atom. The van der Waals surface area contributed by atoms with Crippen LogP contribution in [0.15, 0.2) is 62.1 Å². The van der Waals surface area contributed by atoms with E-state index in [9.17, 15) is 19.2 Å². The first-order valence-electron chi connectivity index (χ1n) is 15.0. The molecule has 10 nitrogen and oxygen atoms in total. The summed E-state index contributed by atoms with van der Waals surface area (Å²) in [5.74, 6) is -0.324. The van der Waals surface area contributed by atoms with Crippen LogP contribution in [0.3, 0.4) is 0 Å². The van der Waals surface area contributed by atoms with Crippen LogP contribution in [0.4, 0.5) is 0 Å². The van der Waals surface area contributed by atoms with Crippen LogP contribution < -0.4 is 10.6 Å². The van der Waals surface area contributed by atoms with Crippen molar-refractivity contribution in [3.63, 3.8) is 0 Å². The third kappa shape index (κ3) is 7.79. The highest BCUT2D eigenvalue weighted by Gasteiger charge is 2.26. The Labute approximate surface area is 278 Å². The lowest BCUT2D eigenvalue weighted by molar-refractivity contribution is -0.141. The molecule has 2 amide bonds. The van der Waals surface area contributed by atoms with Gasteiger partial charge in [-0.25, -0.2) is 4.99 Å². The number of nitrogens with one attached hydrogen (secondary N) is 3. The van der Waals surface area contributed by atoms with Crippen LogP contribution >= 0.6 is 23.2 Å². The summed E-state index contributed by atoms with van der Waals surface area (Å²) in [5.41, 5.74) is 9.56. The molecule has 1 aromatic heterocycles. The number of carbonyl (C=O) groups excluding carboxylic acids is 4.